The number of anilines is 1. The summed E-state index contributed by atoms with van der Waals surface area (Å²) in [6, 6.07) is 2.03. The largest absolute Gasteiger partial charge is 0.450 e. The van der Waals surface area contributed by atoms with Crippen molar-refractivity contribution in [3.05, 3.63) is 29.5 Å². The monoisotopic (exact) mass is 483 g/mol. The Hall–Kier alpha value is -3.21. The van der Waals surface area contributed by atoms with Crippen molar-refractivity contribution < 1.29 is 14.3 Å². The molecule has 2 N–H and O–H groups in total. The number of likely N-dealkylation sites (tertiary alicyclic amines) is 1. The number of nitrogens with one attached hydrogen (secondary N) is 2. The smallest absolute Gasteiger partial charge is 0.407 e. The molecule has 11 heteroatoms. The van der Waals surface area contributed by atoms with Crippen LogP contribution in [0.15, 0.2) is 23.8 Å². The van der Waals surface area contributed by atoms with E-state index in [9.17, 15) is 9.59 Å². The second-order valence-electron chi connectivity index (χ2n) is 8.87. The van der Waals surface area contributed by atoms with Crippen molar-refractivity contribution in [1.29, 1.82) is 0 Å². The van der Waals surface area contributed by atoms with Gasteiger partial charge in [-0.05, 0) is 45.4 Å². The van der Waals surface area contributed by atoms with Crippen LogP contribution in [0.3, 0.4) is 0 Å². The summed E-state index contributed by atoms with van der Waals surface area (Å²) in [5.41, 5.74) is 1.17. The molecule has 1 unspecified atom stereocenters. The van der Waals surface area contributed by atoms with E-state index in [4.69, 9.17) is 9.72 Å². The molecule has 1 aliphatic heterocycles. The molecule has 2 amide bonds. The summed E-state index contributed by atoms with van der Waals surface area (Å²) in [7, 11) is 0. The molecule has 3 aromatic rings. The van der Waals surface area contributed by atoms with Gasteiger partial charge in [-0.25, -0.2) is 19.3 Å². The molecule has 1 saturated heterocycles. The first-order valence-electron chi connectivity index (χ1n) is 11.8. The van der Waals surface area contributed by atoms with Crippen LogP contribution in [0.5, 0.6) is 0 Å². The maximum atomic E-state index is 13.4. The lowest BCUT2D eigenvalue weighted by atomic mass is 10.0. The van der Waals surface area contributed by atoms with Crippen molar-refractivity contribution in [3.8, 4) is 11.4 Å². The summed E-state index contributed by atoms with van der Waals surface area (Å²) in [4.78, 5) is 37.3. The maximum absolute atomic E-state index is 13.4. The number of rotatable bonds is 7. The Labute approximate surface area is 201 Å². The molecule has 5 rings (SSSR count). The first-order chi connectivity index (χ1) is 16.5. The number of carbonyl (C=O) groups is 2. The van der Waals surface area contributed by atoms with Crippen molar-refractivity contribution in [2.75, 3.05) is 25.0 Å². The number of hydrogen-bond acceptors (Lipinski definition) is 8. The summed E-state index contributed by atoms with van der Waals surface area (Å²) in [6.07, 6.45) is 7.00. The van der Waals surface area contributed by atoms with Gasteiger partial charge in [0.05, 0.1) is 18.4 Å². The number of carbonyl (C=O) groups excluding carboxylic acids is 2. The third kappa shape index (κ3) is 4.84. The van der Waals surface area contributed by atoms with E-state index >= 15 is 0 Å². The summed E-state index contributed by atoms with van der Waals surface area (Å²) in [6.45, 7) is 5.35. The van der Waals surface area contributed by atoms with E-state index in [0.29, 0.717) is 55.8 Å². The quantitative estimate of drug-likeness (QED) is 0.529. The van der Waals surface area contributed by atoms with Crippen molar-refractivity contribution in [2.24, 2.45) is 5.92 Å². The van der Waals surface area contributed by atoms with Crippen LogP contribution >= 0.6 is 11.3 Å². The first kappa shape index (κ1) is 22.6. The second kappa shape index (κ2) is 9.57. The maximum Gasteiger partial charge on any atom is 0.407 e. The Balaban J connectivity index is 1.36. The van der Waals surface area contributed by atoms with Crippen LogP contribution in [0.1, 0.15) is 50.0 Å². The Morgan fingerprint density at radius 2 is 2.03 bits per heavy atom. The molecule has 1 saturated carbocycles. The molecule has 4 heterocycles. The zero-order valence-corrected chi connectivity index (χ0v) is 20.2. The zero-order valence-electron chi connectivity index (χ0n) is 19.4. The average Bonchev–Trinajstić information content (AvgIpc) is 3.45. The molecular formula is C23H29N7O3S. The van der Waals surface area contributed by atoms with E-state index in [-0.39, 0.29) is 18.0 Å². The summed E-state index contributed by atoms with van der Waals surface area (Å²) < 4.78 is 6.76. The summed E-state index contributed by atoms with van der Waals surface area (Å²) in [5, 5.41) is 12.7. The van der Waals surface area contributed by atoms with Gasteiger partial charge in [-0.3, -0.25) is 4.79 Å². The topological polar surface area (TPSA) is 114 Å². The fourth-order valence-electron chi connectivity index (χ4n) is 4.31. The summed E-state index contributed by atoms with van der Waals surface area (Å²) >= 11 is 1.56. The molecular weight excluding hydrogens is 454 g/mol. The number of ether oxygens (including phenoxy) is 1. The lowest BCUT2D eigenvalue weighted by Crippen LogP contribution is -2.46. The third-order valence-electron chi connectivity index (χ3n) is 6.40. The van der Waals surface area contributed by atoms with Crippen molar-refractivity contribution >= 4 is 34.0 Å². The number of amides is 2. The van der Waals surface area contributed by atoms with Crippen LogP contribution in [0, 0.1) is 5.92 Å². The van der Waals surface area contributed by atoms with Crippen molar-refractivity contribution in [3.63, 3.8) is 0 Å². The van der Waals surface area contributed by atoms with Crippen molar-refractivity contribution in [1.82, 2.24) is 29.8 Å². The van der Waals surface area contributed by atoms with Crippen LogP contribution in [-0.2, 0) is 4.74 Å². The van der Waals surface area contributed by atoms with Gasteiger partial charge in [-0.15, -0.1) is 11.3 Å². The normalized spacial score (nSPS) is 17.5. The van der Waals surface area contributed by atoms with Gasteiger partial charge in [0, 0.05) is 42.8 Å². The molecule has 34 heavy (non-hydrogen) atoms. The Bertz CT molecular complexity index is 1180. The fourth-order valence-corrected chi connectivity index (χ4v) is 5.10. The highest BCUT2D eigenvalue weighted by molar-refractivity contribution is 7.16. The van der Waals surface area contributed by atoms with E-state index in [1.807, 2.05) is 11.6 Å². The minimum atomic E-state index is -0.408. The molecule has 1 aliphatic carbocycles. The molecule has 0 spiro atoms. The molecule has 0 aromatic carbocycles. The van der Waals surface area contributed by atoms with E-state index in [1.165, 1.54) is 12.8 Å². The van der Waals surface area contributed by atoms with E-state index < -0.39 is 6.09 Å². The lowest BCUT2D eigenvalue weighted by Gasteiger charge is -2.32. The first-order valence-corrected chi connectivity index (χ1v) is 12.7. The van der Waals surface area contributed by atoms with Gasteiger partial charge < -0.3 is 20.3 Å². The van der Waals surface area contributed by atoms with Gasteiger partial charge >= 0.3 is 6.09 Å². The molecule has 2 aliphatic rings. The fraction of sp³-hybridized carbons (Fsp3) is 0.522. The van der Waals surface area contributed by atoms with Crippen molar-refractivity contribution in [2.45, 2.75) is 51.6 Å². The third-order valence-corrected chi connectivity index (χ3v) is 7.29. The minimum Gasteiger partial charge on any atom is -0.450 e. The number of alkyl carbamates (subject to hydrolysis) is 1. The van der Waals surface area contributed by atoms with Gasteiger partial charge in [0.25, 0.3) is 5.91 Å². The number of nitrogens with zero attached hydrogens (tertiary/aromatic N) is 5. The van der Waals surface area contributed by atoms with Gasteiger partial charge in [-0.1, -0.05) is 0 Å². The lowest BCUT2D eigenvalue weighted by molar-refractivity contribution is 0.0696. The van der Waals surface area contributed by atoms with Gasteiger partial charge in [0.15, 0.2) is 5.82 Å². The molecule has 3 aromatic heterocycles. The molecule has 1 atom stereocenters. The van der Waals surface area contributed by atoms with Crippen LogP contribution in [0.2, 0.25) is 0 Å². The highest BCUT2D eigenvalue weighted by Gasteiger charge is 2.30. The zero-order chi connectivity index (χ0) is 23.7. The standard InChI is InChI=1S/C23H29N7O3S/c1-3-33-23(32)26-16-6-8-29(9-7-16)21(31)18-12-19(25-14(2)15-4-5-15)28-20(27-18)17-13-24-30-10-11-34-22(17)30/h10-16H,3-9H2,1-2H3,(H,26,32)(H,25,27,28). The number of fused-ring (bicyclic) bond motifs is 1. The number of hydrogen-bond donors (Lipinski definition) is 2. The minimum absolute atomic E-state index is 0.000194. The highest BCUT2D eigenvalue weighted by Crippen LogP contribution is 2.34. The molecule has 10 nitrogen and oxygen atoms in total. The van der Waals surface area contributed by atoms with Crippen LogP contribution in [0.4, 0.5) is 10.6 Å². The van der Waals surface area contributed by atoms with Crippen LogP contribution in [-0.4, -0.2) is 68.3 Å². The predicted molar refractivity (Wildman–Crippen MR) is 129 cm³/mol. The Morgan fingerprint density at radius 3 is 2.76 bits per heavy atom. The van der Waals surface area contributed by atoms with E-state index in [2.05, 4.69) is 27.6 Å². The number of piperidine rings is 1. The second-order valence-corrected chi connectivity index (χ2v) is 9.77. The summed E-state index contributed by atoms with van der Waals surface area (Å²) in [5.74, 6) is 1.66. The number of thiazole rings is 1. The van der Waals surface area contributed by atoms with E-state index in [1.54, 1.807) is 39.9 Å². The molecule has 0 radical (unpaired) electrons. The molecule has 2 fully saturated rings. The SMILES string of the molecule is CCOC(=O)NC1CCN(C(=O)c2cc(NC(C)C3CC3)nc(-c3cnn4ccsc34)n2)CC1. The van der Waals surface area contributed by atoms with Crippen LogP contribution < -0.4 is 10.6 Å². The molecule has 0 bridgehead atoms. The highest BCUT2D eigenvalue weighted by atomic mass is 32.1. The Morgan fingerprint density at radius 1 is 1.24 bits per heavy atom. The van der Waals surface area contributed by atoms with Crippen LogP contribution in [0.25, 0.3) is 16.2 Å². The number of aromatic nitrogens is 4. The van der Waals surface area contributed by atoms with Gasteiger partial charge in [-0.2, -0.15) is 5.10 Å². The molecule has 180 valence electrons. The van der Waals surface area contributed by atoms with Gasteiger partial charge in [0.2, 0.25) is 0 Å². The van der Waals surface area contributed by atoms with E-state index in [0.717, 1.165) is 10.4 Å². The van der Waals surface area contributed by atoms with Gasteiger partial charge in [0.1, 0.15) is 16.3 Å². The average molecular weight is 484 g/mol. The Kier molecular flexibility index (Phi) is 6.36. The predicted octanol–water partition coefficient (Wildman–Crippen LogP) is 3.41.